The largest absolute Gasteiger partial charge is 0.368 e. The molecule has 0 unspecified atom stereocenters. The number of nitrogen functional groups attached to an aromatic ring is 1. The quantitative estimate of drug-likeness (QED) is 0.562. The summed E-state index contributed by atoms with van der Waals surface area (Å²) in [6.45, 7) is 0.776. The molecule has 0 amide bonds. The first-order chi connectivity index (χ1) is 6.84. The fourth-order valence-corrected chi connectivity index (χ4v) is 1.19. The van der Waals surface area contributed by atoms with Crippen LogP contribution in [-0.2, 0) is 6.42 Å². The van der Waals surface area contributed by atoms with Gasteiger partial charge in [-0.15, -0.1) is 5.10 Å². The van der Waals surface area contributed by atoms with Crippen LogP contribution in [0.4, 0.5) is 11.9 Å². The van der Waals surface area contributed by atoms with Gasteiger partial charge in [0.1, 0.15) is 0 Å². The van der Waals surface area contributed by atoms with Crippen LogP contribution in [0.25, 0.3) is 0 Å². The number of nitrogens with one attached hydrogen (secondary N) is 3. The van der Waals surface area contributed by atoms with Gasteiger partial charge in [-0.25, -0.2) is 5.10 Å². The molecule has 2 aromatic heterocycles. The van der Waals surface area contributed by atoms with Crippen molar-refractivity contribution in [3.8, 4) is 0 Å². The lowest BCUT2D eigenvalue weighted by atomic mass is 10.3. The van der Waals surface area contributed by atoms with E-state index in [0.29, 0.717) is 11.9 Å². The van der Waals surface area contributed by atoms with Gasteiger partial charge >= 0.3 is 0 Å². The molecule has 6 nitrogen and oxygen atoms in total. The van der Waals surface area contributed by atoms with Crippen molar-refractivity contribution >= 4 is 11.9 Å². The van der Waals surface area contributed by atoms with Crippen molar-refractivity contribution in [2.24, 2.45) is 0 Å². The minimum Gasteiger partial charge on any atom is -0.368 e. The van der Waals surface area contributed by atoms with E-state index in [0.717, 1.165) is 13.0 Å². The standard InChI is InChI=1S/C8H12N6/c9-7-12-8(14-13-7)11-5-3-6-2-1-4-10-6/h1-2,4,10H,3,5H2,(H4,9,11,12,13,14). The molecule has 6 heteroatoms. The summed E-state index contributed by atoms with van der Waals surface area (Å²) >= 11 is 0. The van der Waals surface area contributed by atoms with Crippen LogP contribution in [0.15, 0.2) is 18.3 Å². The molecule has 2 heterocycles. The van der Waals surface area contributed by atoms with Crippen LogP contribution in [0.5, 0.6) is 0 Å². The Morgan fingerprint density at radius 1 is 1.50 bits per heavy atom. The minimum absolute atomic E-state index is 0.326. The lowest BCUT2D eigenvalue weighted by Crippen LogP contribution is -2.06. The van der Waals surface area contributed by atoms with Crippen LogP contribution < -0.4 is 11.1 Å². The monoisotopic (exact) mass is 192 g/mol. The van der Waals surface area contributed by atoms with Gasteiger partial charge in [-0.1, -0.05) is 0 Å². The summed E-state index contributed by atoms with van der Waals surface area (Å²) < 4.78 is 0. The minimum atomic E-state index is 0.326. The molecule has 0 radical (unpaired) electrons. The van der Waals surface area contributed by atoms with Crippen molar-refractivity contribution in [1.82, 2.24) is 20.2 Å². The Bertz CT molecular complexity index is 376. The van der Waals surface area contributed by atoms with Gasteiger partial charge in [-0.05, 0) is 12.1 Å². The summed E-state index contributed by atoms with van der Waals surface area (Å²) in [5.74, 6) is 0.862. The number of aromatic nitrogens is 4. The van der Waals surface area contributed by atoms with Gasteiger partial charge < -0.3 is 16.0 Å². The normalized spacial score (nSPS) is 10.3. The first-order valence-corrected chi connectivity index (χ1v) is 4.38. The second kappa shape index (κ2) is 3.82. The van der Waals surface area contributed by atoms with Crippen LogP contribution in [-0.4, -0.2) is 26.7 Å². The van der Waals surface area contributed by atoms with Crippen molar-refractivity contribution in [3.63, 3.8) is 0 Å². The zero-order valence-corrected chi connectivity index (χ0v) is 7.62. The molecule has 0 saturated carbocycles. The average Bonchev–Trinajstić information content (AvgIpc) is 2.77. The van der Waals surface area contributed by atoms with E-state index in [2.05, 4.69) is 25.5 Å². The van der Waals surface area contributed by atoms with E-state index in [1.807, 2.05) is 18.3 Å². The third kappa shape index (κ3) is 2.03. The zero-order chi connectivity index (χ0) is 9.80. The first-order valence-electron chi connectivity index (χ1n) is 4.38. The molecule has 2 aromatic rings. The third-order valence-corrected chi connectivity index (χ3v) is 1.84. The molecular formula is C8H12N6. The topological polar surface area (TPSA) is 95.4 Å². The smallest absolute Gasteiger partial charge is 0.243 e. The van der Waals surface area contributed by atoms with Crippen LogP contribution in [0.3, 0.4) is 0 Å². The van der Waals surface area contributed by atoms with E-state index in [1.54, 1.807) is 0 Å². The molecule has 2 rings (SSSR count). The van der Waals surface area contributed by atoms with Crippen molar-refractivity contribution < 1.29 is 0 Å². The van der Waals surface area contributed by atoms with E-state index >= 15 is 0 Å². The van der Waals surface area contributed by atoms with E-state index in [4.69, 9.17) is 5.73 Å². The Hall–Kier alpha value is -1.98. The molecule has 5 N–H and O–H groups in total. The second-order valence-electron chi connectivity index (χ2n) is 2.92. The highest BCUT2D eigenvalue weighted by Gasteiger charge is 1.98. The van der Waals surface area contributed by atoms with Gasteiger partial charge in [0, 0.05) is 24.9 Å². The van der Waals surface area contributed by atoms with E-state index in [-0.39, 0.29) is 0 Å². The summed E-state index contributed by atoms with van der Waals surface area (Å²) in [6, 6.07) is 4.01. The number of hydrogen-bond donors (Lipinski definition) is 4. The SMILES string of the molecule is Nc1nc(NCCc2ccc[nH]2)n[nH]1. The van der Waals surface area contributed by atoms with Gasteiger partial charge in [0.2, 0.25) is 11.9 Å². The van der Waals surface area contributed by atoms with Crippen LogP contribution >= 0.6 is 0 Å². The van der Waals surface area contributed by atoms with E-state index < -0.39 is 0 Å². The van der Waals surface area contributed by atoms with Crippen LogP contribution in [0.2, 0.25) is 0 Å². The van der Waals surface area contributed by atoms with Crippen molar-refractivity contribution in [2.75, 3.05) is 17.6 Å². The lowest BCUT2D eigenvalue weighted by Gasteiger charge is -1.99. The van der Waals surface area contributed by atoms with Gasteiger partial charge in [0.25, 0.3) is 0 Å². The zero-order valence-electron chi connectivity index (χ0n) is 7.62. The predicted molar refractivity (Wildman–Crippen MR) is 53.8 cm³/mol. The maximum Gasteiger partial charge on any atom is 0.243 e. The van der Waals surface area contributed by atoms with Crippen molar-refractivity contribution in [1.29, 1.82) is 0 Å². The molecule has 0 bridgehead atoms. The molecule has 74 valence electrons. The molecule has 0 atom stereocenters. The summed E-state index contributed by atoms with van der Waals surface area (Å²) in [5, 5.41) is 9.46. The summed E-state index contributed by atoms with van der Waals surface area (Å²) in [4.78, 5) is 7.03. The fourth-order valence-electron chi connectivity index (χ4n) is 1.19. The molecule has 14 heavy (non-hydrogen) atoms. The number of rotatable bonds is 4. The number of anilines is 2. The summed E-state index contributed by atoms with van der Waals surface area (Å²) in [7, 11) is 0. The number of nitrogens with zero attached hydrogens (tertiary/aromatic N) is 2. The highest BCUT2D eigenvalue weighted by atomic mass is 15.3. The molecule has 0 aromatic carbocycles. The summed E-state index contributed by atoms with van der Waals surface area (Å²) in [6.07, 6.45) is 2.81. The van der Waals surface area contributed by atoms with Gasteiger partial charge in [-0.3, -0.25) is 0 Å². The third-order valence-electron chi connectivity index (χ3n) is 1.84. The van der Waals surface area contributed by atoms with Crippen molar-refractivity contribution in [3.05, 3.63) is 24.0 Å². The Balaban J connectivity index is 1.78. The molecular weight excluding hydrogens is 180 g/mol. The highest BCUT2D eigenvalue weighted by Crippen LogP contribution is 2.00. The average molecular weight is 192 g/mol. The summed E-state index contributed by atoms with van der Waals surface area (Å²) in [5.41, 5.74) is 6.55. The molecule has 0 fully saturated rings. The number of hydrogen-bond acceptors (Lipinski definition) is 4. The molecule has 0 aliphatic heterocycles. The number of aromatic amines is 2. The van der Waals surface area contributed by atoms with E-state index in [1.165, 1.54) is 5.69 Å². The Morgan fingerprint density at radius 2 is 2.43 bits per heavy atom. The molecule has 0 aliphatic carbocycles. The van der Waals surface area contributed by atoms with Crippen LogP contribution in [0, 0.1) is 0 Å². The van der Waals surface area contributed by atoms with Crippen LogP contribution in [0.1, 0.15) is 5.69 Å². The predicted octanol–water partition coefficient (Wildman–Crippen LogP) is 0.370. The Morgan fingerprint density at radius 3 is 3.07 bits per heavy atom. The Labute approximate surface area is 80.9 Å². The van der Waals surface area contributed by atoms with Crippen molar-refractivity contribution in [2.45, 2.75) is 6.42 Å². The maximum atomic E-state index is 5.37. The molecule has 0 spiro atoms. The lowest BCUT2D eigenvalue weighted by molar-refractivity contribution is 0.954. The van der Waals surface area contributed by atoms with Gasteiger partial charge in [0.05, 0.1) is 0 Å². The fraction of sp³-hybridized carbons (Fsp3) is 0.250. The van der Waals surface area contributed by atoms with Gasteiger partial charge in [-0.2, -0.15) is 4.98 Å². The second-order valence-corrected chi connectivity index (χ2v) is 2.92. The molecule has 0 saturated heterocycles. The number of nitrogens with two attached hydrogens (primary N) is 1. The molecule has 0 aliphatic rings. The maximum absolute atomic E-state index is 5.37. The first kappa shape index (κ1) is 8.61. The Kier molecular flexibility index (Phi) is 2.35. The number of H-pyrrole nitrogens is 2. The van der Waals surface area contributed by atoms with E-state index in [9.17, 15) is 0 Å². The van der Waals surface area contributed by atoms with Gasteiger partial charge in [0.15, 0.2) is 0 Å². The highest BCUT2D eigenvalue weighted by molar-refractivity contribution is 5.29.